The summed E-state index contributed by atoms with van der Waals surface area (Å²) in [5, 5.41) is 0. The third kappa shape index (κ3) is 9.34. The fraction of sp³-hybridized carbons (Fsp3) is 0.800. The Balaban J connectivity index is 3.13. The first-order valence-corrected chi connectivity index (χ1v) is 4.66. The first-order valence-electron chi connectivity index (χ1n) is 4.66. The largest absolute Gasteiger partial charge is 0.301 e. The lowest BCUT2D eigenvalue weighted by Crippen LogP contribution is -1.92. The highest BCUT2D eigenvalue weighted by molar-refractivity contribution is 5.60. The number of unbranched alkanes of at least 4 members (excludes halogenated alkanes) is 2. The quantitative estimate of drug-likeness (QED) is 0.430. The van der Waals surface area contributed by atoms with Crippen molar-refractivity contribution in [1.82, 2.24) is 0 Å². The molecule has 0 aromatic carbocycles. The van der Waals surface area contributed by atoms with E-state index < -0.39 is 0 Å². The lowest BCUT2D eigenvalue weighted by atomic mass is 10.2. The van der Waals surface area contributed by atoms with Gasteiger partial charge in [-0.3, -0.25) is 4.99 Å². The van der Waals surface area contributed by atoms with Crippen LogP contribution >= 0.6 is 0 Å². The summed E-state index contributed by atoms with van der Waals surface area (Å²) < 4.78 is 0. The highest BCUT2D eigenvalue weighted by Gasteiger charge is 1.87. The highest BCUT2D eigenvalue weighted by atomic mass is 14.7. The molecule has 0 aliphatic rings. The third-order valence-corrected chi connectivity index (χ3v) is 1.45. The SMILES string of the molecule is CN=CCCCC=NCC(C)C. The molecule has 0 bridgehead atoms. The standard InChI is InChI=1S/C10H20N2/c1-10(2)9-12-8-6-4-5-7-11-3/h7-8,10H,4-6,9H2,1-3H3. The maximum atomic E-state index is 4.30. The molecule has 0 N–H and O–H groups in total. The zero-order chi connectivity index (χ0) is 9.23. The molecule has 70 valence electrons. The normalized spacial score (nSPS) is 12.3. The summed E-state index contributed by atoms with van der Waals surface area (Å²) in [4.78, 5) is 8.21. The Hall–Kier alpha value is -0.660. The predicted octanol–water partition coefficient (Wildman–Crippen LogP) is 2.58. The van der Waals surface area contributed by atoms with Crippen LogP contribution in [0.3, 0.4) is 0 Å². The summed E-state index contributed by atoms with van der Waals surface area (Å²) in [6, 6.07) is 0. The number of hydrogen-bond acceptors (Lipinski definition) is 2. The van der Waals surface area contributed by atoms with Gasteiger partial charge in [0.05, 0.1) is 0 Å². The van der Waals surface area contributed by atoms with E-state index in [1.54, 1.807) is 0 Å². The van der Waals surface area contributed by atoms with Crippen LogP contribution in [0.25, 0.3) is 0 Å². The van der Waals surface area contributed by atoms with E-state index in [1.807, 2.05) is 19.5 Å². The highest BCUT2D eigenvalue weighted by Crippen LogP contribution is 1.93. The van der Waals surface area contributed by atoms with Crippen LogP contribution in [0.2, 0.25) is 0 Å². The lowest BCUT2D eigenvalue weighted by Gasteiger charge is -1.96. The van der Waals surface area contributed by atoms with Gasteiger partial charge in [-0.05, 0) is 37.6 Å². The van der Waals surface area contributed by atoms with Gasteiger partial charge < -0.3 is 4.99 Å². The summed E-state index contributed by atoms with van der Waals surface area (Å²) in [6.07, 6.45) is 7.31. The Morgan fingerprint density at radius 3 is 2.42 bits per heavy atom. The molecule has 0 amide bonds. The Morgan fingerprint density at radius 1 is 1.17 bits per heavy atom. The number of aliphatic imine (C=N–C) groups is 2. The molecule has 0 spiro atoms. The molecule has 0 aromatic heterocycles. The van der Waals surface area contributed by atoms with Crippen molar-refractivity contribution in [2.24, 2.45) is 15.9 Å². The van der Waals surface area contributed by atoms with E-state index in [2.05, 4.69) is 23.8 Å². The Morgan fingerprint density at radius 2 is 1.83 bits per heavy atom. The molecular weight excluding hydrogens is 148 g/mol. The molecule has 0 atom stereocenters. The topological polar surface area (TPSA) is 24.7 Å². The molecule has 0 aliphatic carbocycles. The van der Waals surface area contributed by atoms with Crippen molar-refractivity contribution in [2.45, 2.75) is 33.1 Å². The van der Waals surface area contributed by atoms with Crippen LogP contribution < -0.4 is 0 Å². The van der Waals surface area contributed by atoms with E-state index >= 15 is 0 Å². The summed E-state index contributed by atoms with van der Waals surface area (Å²) in [5.41, 5.74) is 0. The average Bonchev–Trinajstić information content (AvgIpc) is 2.02. The summed E-state index contributed by atoms with van der Waals surface area (Å²) in [7, 11) is 1.81. The summed E-state index contributed by atoms with van der Waals surface area (Å²) in [5.74, 6) is 0.679. The van der Waals surface area contributed by atoms with Gasteiger partial charge >= 0.3 is 0 Å². The Kier molecular flexibility index (Phi) is 7.97. The summed E-state index contributed by atoms with van der Waals surface area (Å²) >= 11 is 0. The maximum absolute atomic E-state index is 4.30. The van der Waals surface area contributed by atoms with E-state index in [-0.39, 0.29) is 0 Å². The van der Waals surface area contributed by atoms with Gasteiger partial charge in [0.1, 0.15) is 0 Å². The second kappa shape index (κ2) is 8.44. The van der Waals surface area contributed by atoms with Crippen LogP contribution in [0.15, 0.2) is 9.98 Å². The van der Waals surface area contributed by atoms with Crippen LogP contribution in [0.4, 0.5) is 0 Å². The van der Waals surface area contributed by atoms with Crippen LogP contribution in [0.1, 0.15) is 33.1 Å². The van der Waals surface area contributed by atoms with Crippen molar-refractivity contribution < 1.29 is 0 Å². The molecule has 2 heteroatoms. The Bertz CT molecular complexity index is 137. The average molecular weight is 168 g/mol. The molecule has 12 heavy (non-hydrogen) atoms. The maximum Gasteiger partial charge on any atom is 0.0408 e. The molecular formula is C10H20N2. The zero-order valence-electron chi connectivity index (χ0n) is 8.45. The van der Waals surface area contributed by atoms with Crippen LogP contribution in [0, 0.1) is 5.92 Å². The van der Waals surface area contributed by atoms with Crippen molar-refractivity contribution in [3.05, 3.63) is 0 Å². The smallest absolute Gasteiger partial charge is 0.0408 e. The minimum Gasteiger partial charge on any atom is -0.301 e. The molecule has 2 nitrogen and oxygen atoms in total. The molecule has 0 fully saturated rings. The van der Waals surface area contributed by atoms with Gasteiger partial charge in [-0.2, -0.15) is 0 Å². The molecule has 0 heterocycles. The van der Waals surface area contributed by atoms with E-state index in [1.165, 1.54) is 6.42 Å². The number of rotatable bonds is 6. The minimum atomic E-state index is 0.679. The lowest BCUT2D eigenvalue weighted by molar-refractivity contribution is 0.665. The van der Waals surface area contributed by atoms with E-state index in [0.29, 0.717) is 5.92 Å². The van der Waals surface area contributed by atoms with Crippen molar-refractivity contribution in [2.75, 3.05) is 13.6 Å². The molecule has 0 rings (SSSR count). The predicted molar refractivity (Wildman–Crippen MR) is 56.5 cm³/mol. The van der Waals surface area contributed by atoms with Crippen LogP contribution in [-0.4, -0.2) is 26.0 Å². The molecule has 0 radical (unpaired) electrons. The van der Waals surface area contributed by atoms with Gasteiger partial charge in [-0.25, -0.2) is 0 Å². The molecule has 0 saturated carbocycles. The fourth-order valence-corrected chi connectivity index (χ4v) is 0.806. The number of nitrogens with zero attached hydrogens (tertiary/aromatic N) is 2. The van der Waals surface area contributed by atoms with Crippen molar-refractivity contribution in [3.8, 4) is 0 Å². The number of hydrogen-bond donors (Lipinski definition) is 0. The van der Waals surface area contributed by atoms with E-state index in [9.17, 15) is 0 Å². The van der Waals surface area contributed by atoms with Gasteiger partial charge in [0.25, 0.3) is 0 Å². The van der Waals surface area contributed by atoms with Gasteiger partial charge in [0.15, 0.2) is 0 Å². The monoisotopic (exact) mass is 168 g/mol. The second-order valence-corrected chi connectivity index (χ2v) is 3.31. The molecule has 0 unspecified atom stereocenters. The molecule has 0 aromatic rings. The minimum absolute atomic E-state index is 0.679. The fourth-order valence-electron chi connectivity index (χ4n) is 0.806. The first kappa shape index (κ1) is 11.3. The van der Waals surface area contributed by atoms with Crippen molar-refractivity contribution in [3.63, 3.8) is 0 Å². The van der Waals surface area contributed by atoms with Crippen LogP contribution in [0.5, 0.6) is 0 Å². The van der Waals surface area contributed by atoms with Crippen LogP contribution in [-0.2, 0) is 0 Å². The molecule has 0 aliphatic heterocycles. The summed E-state index contributed by atoms with van der Waals surface area (Å²) in [6.45, 7) is 5.32. The van der Waals surface area contributed by atoms with Crippen molar-refractivity contribution >= 4 is 12.4 Å². The van der Waals surface area contributed by atoms with E-state index in [0.717, 1.165) is 19.4 Å². The molecule has 0 saturated heterocycles. The van der Waals surface area contributed by atoms with Gasteiger partial charge in [0.2, 0.25) is 0 Å². The van der Waals surface area contributed by atoms with Gasteiger partial charge in [-0.1, -0.05) is 13.8 Å². The van der Waals surface area contributed by atoms with Gasteiger partial charge in [-0.15, -0.1) is 0 Å². The Labute approximate surface area is 75.8 Å². The zero-order valence-corrected chi connectivity index (χ0v) is 8.45. The second-order valence-electron chi connectivity index (χ2n) is 3.31. The van der Waals surface area contributed by atoms with Gasteiger partial charge in [0, 0.05) is 13.6 Å². The third-order valence-electron chi connectivity index (χ3n) is 1.45. The first-order chi connectivity index (χ1) is 5.77. The van der Waals surface area contributed by atoms with Crippen molar-refractivity contribution in [1.29, 1.82) is 0 Å². The van der Waals surface area contributed by atoms with E-state index in [4.69, 9.17) is 0 Å².